The molecule has 0 spiro atoms. The van der Waals surface area contributed by atoms with Crippen molar-refractivity contribution in [2.24, 2.45) is 0 Å². The highest BCUT2D eigenvalue weighted by molar-refractivity contribution is 5.76. The van der Waals surface area contributed by atoms with Crippen molar-refractivity contribution < 1.29 is 9.18 Å². The van der Waals surface area contributed by atoms with Gasteiger partial charge in [0.2, 0.25) is 5.91 Å². The molecule has 0 saturated carbocycles. The van der Waals surface area contributed by atoms with Crippen molar-refractivity contribution in [2.75, 3.05) is 7.05 Å². The summed E-state index contributed by atoms with van der Waals surface area (Å²) in [6, 6.07) is 8.04. The molecule has 1 heterocycles. The van der Waals surface area contributed by atoms with Crippen LogP contribution in [-0.4, -0.2) is 22.8 Å². The Morgan fingerprint density at radius 2 is 2.08 bits per heavy atom. The molecule has 2 rings (SSSR count). The molecule has 0 radical (unpaired) electrons. The van der Waals surface area contributed by atoms with Crippen LogP contribution in [0.1, 0.15) is 34.4 Å². The summed E-state index contributed by atoms with van der Waals surface area (Å²) in [6.07, 6.45) is 0.667. The number of carbonyl (C=O) groups excluding carboxylic acids is 1. The Bertz CT molecular complexity index is 897. The fraction of sp³-hybridized carbons (Fsp3) is 0.316. The molecule has 1 aromatic carbocycles. The van der Waals surface area contributed by atoms with Gasteiger partial charge in [-0.25, -0.2) is 4.39 Å². The molecule has 0 atom stereocenters. The molecular weight excluding hydrogens is 321 g/mol. The molecule has 1 amide bonds. The Morgan fingerprint density at radius 1 is 1.36 bits per heavy atom. The predicted octanol–water partition coefficient (Wildman–Crippen LogP) is 2.59. The van der Waals surface area contributed by atoms with Crippen molar-refractivity contribution in [3.63, 3.8) is 0 Å². The van der Waals surface area contributed by atoms with Gasteiger partial charge >= 0.3 is 0 Å². The highest BCUT2D eigenvalue weighted by Gasteiger charge is 2.15. The van der Waals surface area contributed by atoms with Crippen molar-refractivity contribution in [1.29, 1.82) is 5.26 Å². The summed E-state index contributed by atoms with van der Waals surface area (Å²) < 4.78 is 13.2. The van der Waals surface area contributed by atoms with E-state index in [1.165, 1.54) is 17.0 Å². The summed E-state index contributed by atoms with van der Waals surface area (Å²) in [5.74, 6) is -0.422. The molecule has 1 N–H and O–H groups in total. The van der Waals surface area contributed by atoms with Crippen LogP contribution in [0.4, 0.5) is 4.39 Å². The van der Waals surface area contributed by atoms with E-state index < -0.39 is 5.56 Å². The highest BCUT2D eigenvalue weighted by atomic mass is 19.1. The van der Waals surface area contributed by atoms with E-state index in [-0.39, 0.29) is 23.7 Å². The van der Waals surface area contributed by atoms with E-state index >= 15 is 0 Å². The lowest BCUT2D eigenvalue weighted by Crippen LogP contribution is -2.27. The van der Waals surface area contributed by atoms with Crippen molar-refractivity contribution in [2.45, 2.75) is 33.2 Å². The fourth-order valence-corrected chi connectivity index (χ4v) is 2.84. The number of hydrogen-bond donors (Lipinski definition) is 1. The molecule has 0 aliphatic heterocycles. The van der Waals surface area contributed by atoms with E-state index in [4.69, 9.17) is 5.26 Å². The van der Waals surface area contributed by atoms with Crippen LogP contribution in [0.3, 0.4) is 0 Å². The number of aryl methyl sites for hydroxylation is 1. The minimum atomic E-state index is -0.407. The summed E-state index contributed by atoms with van der Waals surface area (Å²) in [7, 11) is 1.67. The zero-order valence-electron chi connectivity index (χ0n) is 14.5. The van der Waals surface area contributed by atoms with Crippen molar-refractivity contribution in [3.8, 4) is 6.07 Å². The first-order chi connectivity index (χ1) is 11.8. The van der Waals surface area contributed by atoms with Gasteiger partial charge in [-0.1, -0.05) is 12.1 Å². The molecule has 25 heavy (non-hydrogen) atoms. The zero-order valence-corrected chi connectivity index (χ0v) is 14.5. The monoisotopic (exact) mass is 341 g/mol. The normalized spacial score (nSPS) is 10.4. The van der Waals surface area contributed by atoms with Crippen LogP contribution in [0.5, 0.6) is 0 Å². The van der Waals surface area contributed by atoms with Gasteiger partial charge in [0.1, 0.15) is 17.4 Å². The molecule has 0 aliphatic rings. The lowest BCUT2D eigenvalue weighted by molar-refractivity contribution is -0.130. The summed E-state index contributed by atoms with van der Waals surface area (Å²) in [5, 5.41) is 9.09. The van der Waals surface area contributed by atoms with Crippen LogP contribution in [0.2, 0.25) is 0 Å². The molecule has 5 nitrogen and oxygen atoms in total. The molecule has 6 heteroatoms. The Hall–Kier alpha value is -2.94. The standard InChI is InChI=1S/C19H20FN3O2/c1-12-16(13(2)22-19(25)17(12)10-21)7-8-18(24)23(3)11-14-5-4-6-15(20)9-14/h4-6,9H,7-8,11H2,1-3H3,(H,22,25). The zero-order chi connectivity index (χ0) is 18.6. The van der Waals surface area contributed by atoms with E-state index in [2.05, 4.69) is 4.98 Å². The second kappa shape index (κ2) is 7.75. The smallest absolute Gasteiger partial charge is 0.266 e. The van der Waals surface area contributed by atoms with E-state index in [9.17, 15) is 14.0 Å². The Morgan fingerprint density at radius 3 is 2.72 bits per heavy atom. The summed E-state index contributed by atoms with van der Waals surface area (Å²) in [4.78, 5) is 28.3. The van der Waals surface area contributed by atoms with Crippen LogP contribution in [-0.2, 0) is 17.8 Å². The SMILES string of the molecule is Cc1[nH]c(=O)c(C#N)c(C)c1CCC(=O)N(C)Cc1cccc(F)c1. The molecule has 0 aliphatic carbocycles. The first-order valence-corrected chi connectivity index (χ1v) is 7.94. The number of amides is 1. The van der Waals surface area contributed by atoms with Crippen LogP contribution in [0.25, 0.3) is 0 Å². The van der Waals surface area contributed by atoms with Gasteiger partial charge in [-0.15, -0.1) is 0 Å². The highest BCUT2D eigenvalue weighted by Crippen LogP contribution is 2.16. The average Bonchev–Trinajstić information content (AvgIpc) is 2.54. The van der Waals surface area contributed by atoms with E-state index in [1.54, 1.807) is 33.0 Å². The van der Waals surface area contributed by atoms with Gasteiger partial charge in [-0.2, -0.15) is 5.26 Å². The van der Waals surface area contributed by atoms with Gasteiger partial charge in [-0.05, 0) is 49.1 Å². The molecule has 0 fully saturated rings. The molecule has 0 unspecified atom stereocenters. The third-order valence-corrected chi connectivity index (χ3v) is 4.24. The van der Waals surface area contributed by atoms with Crippen LogP contribution in [0, 0.1) is 31.0 Å². The Kier molecular flexibility index (Phi) is 5.71. The number of nitrogens with zero attached hydrogens (tertiary/aromatic N) is 2. The topological polar surface area (TPSA) is 77.0 Å². The summed E-state index contributed by atoms with van der Waals surface area (Å²) in [6.45, 7) is 3.80. The van der Waals surface area contributed by atoms with E-state index in [1.807, 2.05) is 6.07 Å². The van der Waals surface area contributed by atoms with E-state index in [0.29, 0.717) is 24.2 Å². The lowest BCUT2D eigenvalue weighted by atomic mass is 9.99. The average molecular weight is 341 g/mol. The maximum atomic E-state index is 13.2. The fourth-order valence-electron chi connectivity index (χ4n) is 2.84. The number of rotatable bonds is 5. The number of H-pyrrole nitrogens is 1. The second-order valence-electron chi connectivity index (χ2n) is 6.05. The van der Waals surface area contributed by atoms with E-state index in [0.717, 1.165) is 11.1 Å². The number of carbonyl (C=O) groups is 1. The quantitative estimate of drug-likeness (QED) is 0.908. The van der Waals surface area contributed by atoms with Gasteiger partial charge in [0, 0.05) is 25.7 Å². The van der Waals surface area contributed by atoms with Gasteiger partial charge in [0.25, 0.3) is 5.56 Å². The summed E-state index contributed by atoms with van der Waals surface area (Å²) in [5.41, 5.74) is 2.49. The lowest BCUT2D eigenvalue weighted by Gasteiger charge is -2.18. The number of aromatic nitrogens is 1. The molecular formula is C19H20FN3O2. The molecule has 1 aromatic heterocycles. The molecule has 130 valence electrons. The number of aromatic amines is 1. The number of hydrogen-bond acceptors (Lipinski definition) is 3. The number of halogens is 1. The first-order valence-electron chi connectivity index (χ1n) is 7.94. The van der Waals surface area contributed by atoms with Crippen molar-refractivity contribution in [1.82, 2.24) is 9.88 Å². The summed E-state index contributed by atoms with van der Waals surface area (Å²) >= 11 is 0. The molecule has 0 saturated heterocycles. The predicted molar refractivity (Wildman–Crippen MR) is 92.4 cm³/mol. The Labute approximate surface area is 145 Å². The number of nitrogens with one attached hydrogen (secondary N) is 1. The second-order valence-corrected chi connectivity index (χ2v) is 6.05. The van der Waals surface area contributed by atoms with Crippen LogP contribution >= 0.6 is 0 Å². The third kappa shape index (κ3) is 4.32. The van der Waals surface area contributed by atoms with Crippen molar-refractivity contribution in [3.05, 3.63) is 68.4 Å². The number of pyridine rings is 1. The number of benzene rings is 1. The maximum Gasteiger partial charge on any atom is 0.266 e. The minimum absolute atomic E-state index is 0.0844. The van der Waals surface area contributed by atoms with Gasteiger partial charge in [0.15, 0.2) is 0 Å². The first kappa shape index (κ1) is 18.4. The van der Waals surface area contributed by atoms with Gasteiger partial charge in [0.05, 0.1) is 0 Å². The maximum absolute atomic E-state index is 13.2. The largest absolute Gasteiger partial charge is 0.341 e. The van der Waals surface area contributed by atoms with Crippen LogP contribution in [0.15, 0.2) is 29.1 Å². The van der Waals surface area contributed by atoms with Crippen LogP contribution < -0.4 is 5.56 Å². The third-order valence-electron chi connectivity index (χ3n) is 4.24. The van der Waals surface area contributed by atoms with Gasteiger partial charge in [-0.3, -0.25) is 9.59 Å². The Balaban J connectivity index is 2.07. The minimum Gasteiger partial charge on any atom is -0.341 e. The number of nitriles is 1. The molecule has 0 bridgehead atoms. The molecule has 2 aromatic rings. The van der Waals surface area contributed by atoms with Gasteiger partial charge < -0.3 is 9.88 Å². The van der Waals surface area contributed by atoms with Crippen molar-refractivity contribution >= 4 is 5.91 Å².